The number of amides is 1. The van der Waals surface area contributed by atoms with E-state index in [0.717, 1.165) is 19.6 Å². The van der Waals surface area contributed by atoms with E-state index >= 15 is 0 Å². The van der Waals surface area contributed by atoms with E-state index in [-0.39, 0.29) is 11.3 Å². The Hall–Kier alpha value is -3.01. The fraction of sp³-hybridized carbons (Fsp3) is 0.160. The lowest BCUT2D eigenvalue weighted by atomic mass is 9.99. The Morgan fingerprint density at radius 3 is 2.74 bits per heavy atom. The molecule has 3 heterocycles. The summed E-state index contributed by atoms with van der Waals surface area (Å²) in [6, 6.07) is 13.8. The lowest BCUT2D eigenvalue weighted by Crippen LogP contribution is -2.28. The molecule has 5 rings (SSSR count). The Labute approximate surface area is 212 Å². The number of ketones is 1. The average Bonchev–Trinajstić information content (AvgIpc) is 3.54. The first kappa shape index (κ1) is 22.8. The smallest absolute Gasteiger partial charge is 0.301 e. The number of fused-ring (bicyclic) bond motifs is 1. The fourth-order valence-corrected chi connectivity index (χ4v) is 6.04. The minimum Gasteiger partial charge on any atom is -0.507 e. The Bertz CT molecular complexity index is 1460. The minimum absolute atomic E-state index is 0.0587. The third kappa shape index (κ3) is 3.83. The van der Waals surface area contributed by atoms with Crippen molar-refractivity contribution in [2.75, 3.05) is 11.5 Å². The zero-order valence-electron chi connectivity index (χ0n) is 18.2. The van der Waals surface area contributed by atoms with Crippen LogP contribution < -0.4 is 9.64 Å². The van der Waals surface area contributed by atoms with Gasteiger partial charge >= 0.3 is 5.91 Å². The van der Waals surface area contributed by atoms with Gasteiger partial charge in [-0.1, -0.05) is 39.4 Å². The van der Waals surface area contributed by atoms with Crippen LogP contribution in [0.5, 0.6) is 5.75 Å². The summed E-state index contributed by atoms with van der Waals surface area (Å²) in [5.41, 5.74) is 2.15. The molecule has 34 heavy (non-hydrogen) atoms. The number of thiazole rings is 1. The Morgan fingerprint density at radius 2 is 2.03 bits per heavy atom. The number of ether oxygens (including phenoxy) is 1. The molecule has 1 fully saturated rings. The van der Waals surface area contributed by atoms with Crippen molar-refractivity contribution in [2.45, 2.75) is 19.9 Å². The molecule has 1 saturated heterocycles. The molecule has 1 aliphatic rings. The van der Waals surface area contributed by atoms with Crippen LogP contribution in [0.1, 0.15) is 29.0 Å². The van der Waals surface area contributed by atoms with E-state index in [1.807, 2.05) is 55.6 Å². The van der Waals surface area contributed by atoms with Crippen molar-refractivity contribution >= 4 is 71.4 Å². The number of carbonyl (C=O) groups is 2. The molecule has 1 atom stereocenters. The summed E-state index contributed by atoms with van der Waals surface area (Å²) in [7, 11) is 0. The van der Waals surface area contributed by atoms with E-state index in [1.165, 1.54) is 27.6 Å². The quantitative estimate of drug-likeness (QED) is 0.174. The van der Waals surface area contributed by atoms with Crippen LogP contribution in [0.4, 0.5) is 5.13 Å². The van der Waals surface area contributed by atoms with Crippen molar-refractivity contribution in [3.05, 3.63) is 80.0 Å². The van der Waals surface area contributed by atoms with Gasteiger partial charge in [0.2, 0.25) is 0 Å². The summed E-state index contributed by atoms with van der Waals surface area (Å²) >= 11 is 6.19. The van der Waals surface area contributed by atoms with Crippen molar-refractivity contribution in [1.29, 1.82) is 0 Å². The van der Waals surface area contributed by atoms with E-state index in [2.05, 4.69) is 20.9 Å². The first-order valence-electron chi connectivity index (χ1n) is 10.5. The summed E-state index contributed by atoms with van der Waals surface area (Å²) in [4.78, 5) is 33.4. The Balaban J connectivity index is 1.67. The molecule has 1 N–H and O–H groups in total. The van der Waals surface area contributed by atoms with E-state index in [4.69, 9.17) is 4.74 Å². The summed E-state index contributed by atoms with van der Waals surface area (Å²) in [5.74, 6) is -0.925. The number of benzene rings is 2. The van der Waals surface area contributed by atoms with Crippen LogP contribution in [-0.2, 0) is 9.59 Å². The number of Topliss-reactive ketones (excluding diaryl/α,β-unsaturated/α-hetero) is 1. The van der Waals surface area contributed by atoms with Gasteiger partial charge in [0, 0.05) is 14.9 Å². The van der Waals surface area contributed by atoms with Gasteiger partial charge in [-0.15, -0.1) is 11.3 Å². The van der Waals surface area contributed by atoms with Gasteiger partial charge < -0.3 is 9.84 Å². The van der Waals surface area contributed by atoms with E-state index in [9.17, 15) is 14.7 Å². The van der Waals surface area contributed by atoms with Crippen molar-refractivity contribution < 1.29 is 19.4 Å². The molecule has 0 bridgehead atoms. The molecule has 1 unspecified atom stereocenters. The van der Waals surface area contributed by atoms with Crippen LogP contribution in [-0.4, -0.2) is 28.4 Å². The number of hydrogen-bond donors (Lipinski definition) is 1. The van der Waals surface area contributed by atoms with Crippen molar-refractivity contribution in [2.24, 2.45) is 0 Å². The van der Waals surface area contributed by atoms with Gasteiger partial charge in [-0.25, -0.2) is 4.98 Å². The summed E-state index contributed by atoms with van der Waals surface area (Å²) < 4.78 is 7.32. The van der Waals surface area contributed by atoms with E-state index in [0.29, 0.717) is 28.6 Å². The molecule has 9 heteroatoms. The number of nitrogens with zero attached hydrogens (tertiary/aromatic N) is 2. The van der Waals surface area contributed by atoms with Crippen molar-refractivity contribution in [1.82, 2.24) is 4.98 Å². The SMILES string of the molecule is CCOc1ccc2nc(N3C(=O)C(=O)/C(=C(/O)c4ccc(Br)c(C)c4)C3c3cccs3)sc2c1. The number of aliphatic hydroxyl groups is 1. The lowest BCUT2D eigenvalue weighted by molar-refractivity contribution is -0.132. The van der Waals surface area contributed by atoms with E-state index < -0.39 is 17.7 Å². The topological polar surface area (TPSA) is 79.7 Å². The standard InChI is InChI=1S/C25H19BrN2O4S2/c1-3-32-15-7-9-17-19(12-15)34-25(27-17)28-21(18-5-4-10-33-18)20(23(30)24(28)31)22(29)14-6-8-16(26)13(2)11-14/h4-12,21,29H,3H2,1-2H3/b22-20+. The third-order valence-electron chi connectivity index (χ3n) is 5.55. The Morgan fingerprint density at radius 1 is 1.21 bits per heavy atom. The molecule has 0 spiro atoms. The van der Waals surface area contributed by atoms with Gasteiger partial charge in [-0.3, -0.25) is 14.5 Å². The normalized spacial score (nSPS) is 17.6. The average molecular weight is 555 g/mol. The third-order valence-corrected chi connectivity index (χ3v) is 8.39. The Kier molecular flexibility index (Phi) is 6.01. The maximum atomic E-state index is 13.3. The summed E-state index contributed by atoms with van der Waals surface area (Å²) in [5, 5.41) is 13.5. The van der Waals surface area contributed by atoms with Crippen LogP contribution >= 0.6 is 38.6 Å². The van der Waals surface area contributed by atoms with Gasteiger partial charge in [0.05, 0.1) is 22.4 Å². The molecule has 172 valence electrons. The monoisotopic (exact) mass is 554 g/mol. The number of aryl methyl sites for hydroxylation is 1. The van der Waals surface area contributed by atoms with Crippen LogP contribution in [0.25, 0.3) is 16.0 Å². The van der Waals surface area contributed by atoms with Crippen LogP contribution in [0.3, 0.4) is 0 Å². The second-order valence-electron chi connectivity index (χ2n) is 7.71. The zero-order chi connectivity index (χ0) is 24.0. The number of halogens is 1. The highest BCUT2D eigenvalue weighted by molar-refractivity contribution is 9.10. The second-order valence-corrected chi connectivity index (χ2v) is 10.6. The van der Waals surface area contributed by atoms with Crippen molar-refractivity contribution in [3.63, 3.8) is 0 Å². The highest BCUT2D eigenvalue weighted by atomic mass is 79.9. The second kappa shape index (κ2) is 8.98. The van der Waals surface area contributed by atoms with Gasteiger partial charge in [-0.05, 0) is 61.2 Å². The number of thiophene rings is 1. The first-order valence-corrected chi connectivity index (χ1v) is 13.0. The van der Waals surface area contributed by atoms with Gasteiger partial charge in [-0.2, -0.15) is 0 Å². The maximum Gasteiger partial charge on any atom is 0.301 e. The molecule has 2 aromatic heterocycles. The molecule has 1 aliphatic heterocycles. The lowest BCUT2D eigenvalue weighted by Gasteiger charge is -2.21. The van der Waals surface area contributed by atoms with Gasteiger partial charge in [0.15, 0.2) is 5.13 Å². The fourth-order valence-electron chi connectivity index (χ4n) is 3.95. The zero-order valence-corrected chi connectivity index (χ0v) is 21.5. The predicted octanol–water partition coefficient (Wildman–Crippen LogP) is 6.45. The molecule has 0 saturated carbocycles. The highest BCUT2D eigenvalue weighted by Crippen LogP contribution is 2.45. The van der Waals surface area contributed by atoms with Crippen molar-refractivity contribution in [3.8, 4) is 5.75 Å². The number of aliphatic hydroxyl groups excluding tert-OH is 1. The number of carbonyl (C=O) groups excluding carboxylic acids is 2. The molecule has 1 amide bonds. The summed E-state index contributed by atoms with van der Waals surface area (Å²) in [6.07, 6.45) is 0. The molecular formula is C25H19BrN2O4S2. The minimum atomic E-state index is -0.768. The van der Waals surface area contributed by atoms with Gasteiger partial charge in [0.25, 0.3) is 5.78 Å². The highest BCUT2D eigenvalue weighted by Gasteiger charge is 2.48. The molecular weight excluding hydrogens is 536 g/mol. The van der Waals surface area contributed by atoms with E-state index in [1.54, 1.807) is 12.1 Å². The predicted molar refractivity (Wildman–Crippen MR) is 139 cm³/mol. The molecule has 0 aliphatic carbocycles. The summed E-state index contributed by atoms with van der Waals surface area (Å²) in [6.45, 7) is 4.35. The molecule has 2 aromatic carbocycles. The number of aromatic nitrogens is 1. The maximum absolute atomic E-state index is 13.3. The molecule has 6 nitrogen and oxygen atoms in total. The number of anilines is 1. The van der Waals surface area contributed by atoms with Crippen LogP contribution in [0.2, 0.25) is 0 Å². The van der Waals surface area contributed by atoms with Crippen LogP contribution in [0, 0.1) is 6.92 Å². The number of hydrogen-bond acceptors (Lipinski definition) is 7. The van der Waals surface area contributed by atoms with Gasteiger partial charge in [0.1, 0.15) is 17.6 Å². The molecule has 0 radical (unpaired) electrons. The largest absolute Gasteiger partial charge is 0.507 e. The number of rotatable bonds is 5. The van der Waals surface area contributed by atoms with Crippen LogP contribution in [0.15, 0.2) is 64.0 Å². The molecule has 4 aromatic rings. The first-order chi connectivity index (χ1) is 16.4.